The third kappa shape index (κ3) is 1.67. The Bertz CT molecular complexity index is 227. The number of rotatable bonds is 3. The van der Waals surface area contributed by atoms with Crippen LogP contribution in [0.3, 0.4) is 0 Å². The van der Waals surface area contributed by atoms with Crippen molar-refractivity contribution in [1.82, 2.24) is 4.90 Å². The largest absolute Gasteiger partial charge is 0.337 e. The first-order valence-electron chi connectivity index (χ1n) is 5.68. The summed E-state index contributed by atoms with van der Waals surface area (Å²) in [4.78, 5) is 14.3. The highest BCUT2D eigenvalue weighted by molar-refractivity contribution is 8.00. The molecular formula is C11H19NOS. The second-order valence-corrected chi connectivity index (χ2v) is 5.68. The normalized spacial score (nSPS) is 30.4. The maximum Gasteiger partial charge on any atom is 0.225 e. The van der Waals surface area contributed by atoms with E-state index in [1.165, 1.54) is 12.2 Å². The summed E-state index contributed by atoms with van der Waals surface area (Å²) in [7, 11) is 0. The molecule has 2 nitrogen and oxygen atoms in total. The summed E-state index contributed by atoms with van der Waals surface area (Å²) in [5.41, 5.74) is 0. The molecule has 80 valence electrons. The zero-order chi connectivity index (χ0) is 10.1. The van der Waals surface area contributed by atoms with Gasteiger partial charge in [-0.25, -0.2) is 0 Å². The molecule has 3 heteroatoms. The number of thioether (sulfide) groups is 1. The van der Waals surface area contributed by atoms with Gasteiger partial charge in [-0.3, -0.25) is 4.79 Å². The van der Waals surface area contributed by atoms with Crippen LogP contribution in [0.25, 0.3) is 0 Å². The number of hydrogen-bond acceptors (Lipinski definition) is 2. The number of likely N-dealkylation sites (tertiary alicyclic amines) is 1. The van der Waals surface area contributed by atoms with Crippen LogP contribution in [0, 0.1) is 5.92 Å². The van der Waals surface area contributed by atoms with E-state index in [1.807, 2.05) is 11.8 Å². The Morgan fingerprint density at radius 2 is 2.21 bits per heavy atom. The zero-order valence-corrected chi connectivity index (χ0v) is 9.85. The van der Waals surface area contributed by atoms with E-state index >= 15 is 0 Å². The van der Waals surface area contributed by atoms with Gasteiger partial charge in [-0.2, -0.15) is 11.8 Å². The Hall–Kier alpha value is -0.180. The molecule has 0 aromatic rings. The summed E-state index contributed by atoms with van der Waals surface area (Å²) in [6.45, 7) is 5.26. The van der Waals surface area contributed by atoms with Gasteiger partial charge >= 0.3 is 0 Å². The minimum atomic E-state index is 0.277. The number of carbonyl (C=O) groups is 1. The van der Waals surface area contributed by atoms with E-state index in [1.54, 1.807) is 0 Å². The first-order valence-corrected chi connectivity index (χ1v) is 6.73. The Morgan fingerprint density at radius 1 is 1.50 bits per heavy atom. The molecular weight excluding hydrogens is 194 g/mol. The molecule has 2 heterocycles. The highest BCUT2D eigenvalue weighted by Gasteiger charge is 2.41. The van der Waals surface area contributed by atoms with E-state index in [2.05, 4.69) is 18.7 Å². The fourth-order valence-electron chi connectivity index (χ4n) is 2.54. The fraction of sp³-hybridized carbons (Fsp3) is 0.909. The molecule has 2 fully saturated rings. The van der Waals surface area contributed by atoms with Gasteiger partial charge in [0.15, 0.2) is 0 Å². The smallest absolute Gasteiger partial charge is 0.225 e. The van der Waals surface area contributed by atoms with E-state index in [-0.39, 0.29) is 5.92 Å². The minimum absolute atomic E-state index is 0.277. The van der Waals surface area contributed by atoms with Crippen molar-refractivity contribution in [1.29, 1.82) is 0 Å². The summed E-state index contributed by atoms with van der Waals surface area (Å²) in [6, 6.07) is 0.568. The monoisotopic (exact) mass is 213 g/mol. The SMILES string of the molecule is CCC(CC)C(=O)N1CC2CC1CS2. The van der Waals surface area contributed by atoms with Gasteiger partial charge in [-0.05, 0) is 19.3 Å². The minimum Gasteiger partial charge on any atom is -0.337 e. The topological polar surface area (TPSA) is 20.3 Å². The Morgan fingerprint density at radius 3 is 2.64 bits per heavy atom. The van der Waals surface area contributed by atoms with Gasteiger partial charge < -0.3 is 4.90 Å². The van der Waals surface area contributed by atoms with Gasteiger partial charge in [-0.15, -0.1) is 0 Å². The van der Waals surface area contributed by atoms with E-state index in [9.17, 15) is 4.79 Å². The average Bonchev–Trinajstić information content (AvgIpc) is 2.80. The second kappa shape index (κ2) is 4.13. The number of hydrogen-bond donors (Lipinski definition) is 0. The molecule has 2 aliphatic heterocycles. The molecule has 2 saturated heterocycles. The van der Waals surface area contributed by atoms with Gasteiger partial charge in [0.25, 0.3) is 0 Å². The van der Waals surface area contributed by atoms with Crippen molar-refractivity contribution in [3.05, 3.63) is 0 Å². The van der Waals surface area contributed by atoms with Gasteiger partial charge in [0.2, 0.25) is 5.91 Å². The van der Waals surface area contributed by atoms with Crippen molar-refractivity contribution >= 4 is 17.7 Å². The van der Waals surface area contributed by atoms with Crippen molar-refractivity contribution < 1.29 is 4.79 Å². The van der Waals surface area contributed by atoms with Crippen LogP contribution in [0.5, 0.6) is 0 Å². The van der Waals surface area contributed by atoms with Gasteiger partial charge in [0.1, 0.15) is 0 Å². The summed E-state index contributed by atoms with van der Waals surface area (Å²) in [5.74, 6) is 1.87. The van der Waals surface area contributed by atoms with Crippen LogP contribution in [0.1, 0.15) is 33.1 Å². The van der Waals surface area contributed by atoms with E-state index in [4.69, 9.17) is 0 Å². The van der Waals surface area contributed by atoms with E-state index < -0.39 is 0 Å². The number of fused-ring (bicyclic) bond motifs is 2. The molecule has 0 aromatic heterocycles. The number of nitrogens with zero attached hydrogens (tertiary/aromatic N) is 1. The first-order chi connectivity index (χ1) is 6.76. The molecule has 0 radical (unpaired) electrons. The van der Waals surface area contributed by atoms with Gasteiger partial charge in [-0.1, -0.05) is 13.8 Å². The Balaban J connectivity index is 1.98. The highest BCUT2D eigenvalue weighted by atomic mass is 32.2. The quantitative estimate of drug-likeness (QED) is 0.716. The standard InChI is InChI=1S/C11H19NOS/c1-3-8(4-2)11(13)12-6-10-5-9(12)7-14-10/h8-10H,3-7H2,1-2H3. The molecule has 0 aliphatic carbocycles. The third-order valence-corrected chi connectivity index (χ3v) is 4.91. The van der Waals surface area contributed by atoms with Crippen LogP contribution < -0.4 is 0 Å². The molecule has 0 aromatic carbocycles. The number of amides is 1. The van der Waals surface area contributed by atoms with Crippen LogP contribution >= 0.6 is 11.8 Å². The highest BCUT2D eigenvalue weighted by Crippen LogP contribution is 2.38. The lowest BCUT2D eigenvalue weighted by atomic mass is 10.0. The lowest BCUT2D eigenvalue weighted by molar-refractivity contribution is -0.136. The van der Waals surface area contributed by atoms with Crippen molar-refractivity contribution in [3.63, 3.8) is 0 Å². The Labute approximate surface area is 90.4 Å². The molecule has 1 amide bonds. The Kier molecular flexibility index (Phi) is 3.05. The second-order valence-electron chi connectivity index (χ2n) is 4.35. The third-order valence-electron chi connectivity index (χ3n) is 3.52. The number of carbonyl (C=O) groups excluding carboxylic acids is 1. The molecule has 2 unspecified atom stereocenters. The lowest BCUT2D eigenvalue weighted by Crippen LogP contribution is -2.42. The predicted molar refractivity (Wildman–Crippen MR) is 60.4 cm³/mol. The van der Waals surface area contributed by atoms with Crippen LogP contribution in [0.15, 0.2) is 0 Å². The predicted octanol–water partition coefficient (Wildman–Crippen LogP) is 2.14. The van der Waals surface area contributed by atoms with Crippen molar-refractivity contribution in [2.75, 3.05) is 12.3 Å². The molecule has 2 rings (SSSR count). The van der Waals surface area contributed by atoms with E-state index in [0.29, 0.717) is 11.9 Å². The zero-order valence-electron chi connectivity index (χ0n) is 9.03. The maximum atomic E-state index is 12.1. The lowest BCUT2D eigenvalue weighted by Gasteiger charge is -2.29. The summed E-state index contributed by atoms with van der Waals surface area (Å²) < 4.78 is 0. The summed E-state index contributed by atoms with van der Waals surface area (Å²) in [5, 5.41) is 0.748. The van der Waals surface area contributed by atoms with Crippen molar-refractivity contribution in [2.24, 2.45) is 5.92 Å². The molecule has 0 spiro atoms. The first kappa shape index (κ1) is 10.3. The van der Waals surface area contributed by atoms with Gasteiger partial charge in [0.05, 0.1) is 0 Å². The fourth-order valence-corrected chi connectivity index (χ4v) is 3.98. The molecule has 2 aliphatic rings. The van der Waals surface area contributed by atoms with Gasteiger partial charge in [0, 0.05) is 29.5 Å². The summed E-state index contributed by atoms with van der Waals surface area (Å²) >= 11 is 2.05. The van der Waals surface area contributed by atoms with E-state index in [0.717, 1.165) is 24.6 Å². The molecule has 2 bridgehead atoms. The van der Waals surface area contributed by atoms with Crippen LogP contribution in [0.4, 0.5) is 0 Å². The van der Waals surface area contributed by atoms with Crippen molar-refractivity contribution in [2.45, 2.75) is 44.4 Å². The van der Waals surface area contributed by atoms with Crippen LogP contribution in [-0.2, 0) is 4.79 Å². The maximum absolute atomic E-state index is 12.1. The van der Waals surface area contributed by atoms with Crippen LogP contribution in [-0.4, -0.2) is 34.4 Å². The summed E-state index contributed by atoms with van der Waals surface area (Å²) in [6.07, 6.45) is 3.24. The van der Waals surface area contributed by atoms with Crippen LogP contribution in [0.2, 0.25) is 0 Å². The average molecular weight is 213 g/mol. The molecule has 2 atom stereocenters. The molecule has 0 saturated carbocycles. The van der Waals surface area contributed by atoms with Crippen molar-refractivity contribution in [3.8, 4) is 0 Å². The molecule has 14 heavy (non-hydrogen) atoms. The molecule has 0 N–H and O–H groups in total.